The number of nitrogens with one attached hydrogen (secondary N) is 1. The molecule has 0 rings (SSSR count). The van der Waals surface area contributed by atoms with Gasteiger partial charge in [0, 0.05) is 6.38 Å². The molecule has 0 unspecified atom stereocenters. The second kappa shape index (κ2) is 7.82. The van der Waals surface area contributed by atoms with Gasteiger partial charge in [0.15, 0.2) is 0 Å². The van der Waals surface area contributed by atoms with E-state index >= 15 is 0 Å². The molecule has 0 heterocycles. The van der Waals surface area contributed by atoms with Crippen LogP contribution < -0.4 is 5.32 Å². The second-order valence-corrected chi connectivity index (χ2v) is 2.35. The highest BCUT2D eigenvalue weighted by Gasteiger charge is 2.17. The third-order valence-electron chi connectivity index (χ3n) is 1.24. The summed E-state index contributed by atoms with van der Waals surface area (Å²) in [6.07, 6.45) is 1.47. The molecule has 1 atom stereocenters. The van der Waals surface area contributed by atoms with E-state index in [1.165, 1.54) is 6.38 Å². The van der Waals surface area contributed by atoms with Gasteiger partial charge in [-0.15, -0.1) is 11.6 Å². The Hall–Kier alpha value is -0.280. The second-order valence-electron chi connectivity index (χ2n) is 2.35. The Morgan fingerprint density at radius 3 is 1.82 bits per heavy atom. The van der Waals surface area contributed by atoms with Crippen LogP contribution in [-0.4, -0.2) is 30.5 Å². The molecular weight excluding hydrogens is 166 g/mol. The van der Waals surface area contributed by atoms with Gasteiger partial charge in [0.25, 0.3) is 0 Å². The minimum atomic E-state index is -0.785. The molecule has 0 spiro atoms. The molecule has 0 bridgehead atoms. The first kappa shape index (κ1) is 13.3. The SMILES string of the molecule is CCl.CN[C@H](C(=O)O)C(C)C. The molecule has 68 valence electrons. The zero-order valence-corrected chi connectivity index (χ0v) is 8.14. The number of hydrogen-bond donors (Lipinski definition) is 2. The van der Waals surface area contributed by atoms with E-state index in [0.717, 1.165) is 0 Å². The summed E-state index contributed by atoms with van der Waals surface area (Å²) in [4.78, 5) is 10.3. The molecule has 0 aromatic carbocycles. The number of carboxylic acids is 1. The van der Waals surface area contributed by atoms with Crippen LogP contribution in [0.1, 0.15) is 13.8 Å². The molecule has 0 aromatic rings. The van der Waals surface area contributed by atoms with Gasteiger partial charge < -0.3 is 10.4 Å². The minimum Gasteiger partial charge on any atom is -0.480 e. The first-order valence-corrected chi connectivity index (χ1v) is 4.13. The topological polar surface area (TPSA) is 49.3 Å². The lowest BCUT2D eigenvalue weighted by molar-refractivity contribution is -0.140. The van der Waals surface area contributed by atoms with Gasteiger partial charge in [0.1, 0.15) is 6.04 Å². The number of hydrogen-bond acceptors (Lipinski definition) is 2. The van der Waals surface area contributed by atoms with Crippen LogP contribution >= 0.6 is 11.6 Å². The Balaban J connectivity index is 0. The molecule has 0 aromatic heterocycles. The summed E-state index contributed by atoms with van der Waals surface area (Å²) in [5.41, 5.74) is 0. The lowest BCUT2D eigenvalue weighted by Gasteiger charge is -2.13. The van der Waals surface area contributed by atoms with Crippen LogP contribution in [0.25, 0.3) is 0 Å². The maximum Gasteiger partial charge on any atom is 0.320 e. The number of halogens is 1. The van der Waals surface area contributed by atoms with Crippen molar-refractivity contribution in [1.82, 2.24) is 5.32 Å². The Morgan fingerprint density at radius 1 is 1.45 bits per heavy atom. The number of carbonyl (C=O) groups is 1. The van der Waals surface area contributed by atoms with Crippen molar-refractivity contribution in [3.05, 3.63) is 0 Å². The Kier molecular flexibility index (Phi) is 9.47. The zero-order valence-electron chi connectivity index (χ0n) is 7.39. The molecular formula is C7H16ClNO2. The summed E-state index contributed by atoms with van der Waals surface area (Å²) in [5, 5.41) is 11.2. The van der Waals surface area contributed by atoms with Crippen LogP contribution in [0, 0.1) is 5.92 Å². The molecule has 4 heteroatoms. The molecule has 0 fully saturated rings. The fourth-order valence-electron chi connectivity index (χ4n) is 0.742. The first-order chi connectivity index (χ1) is 5.09. The fraction of sp³-hybridized carbons (Fsp3) is 0.857. The van der Waals surface area contributed by atoms with Gasteiger partial charge in [-0.1, -0.05) is 13.8 Å². The predicted molar refractivity (Wildman–Crippen MR) is 47.1 cm³/mol. The molecule has 2 N–H and O–H groups in total. The molecule has 0 saturated heterocycles. The quantitative estimate of drug-likeness (QED) is 0.643. The highest BCUT2D eigenvalue weighted by Crippen LogP contribution is 1.99. The standard InChI is InChI=1S/C6H13NO2.CH3Cl/c1-4(2)5(7-3)6(8)9;1-2/h4-5,7H,1-3H3,(H,8,9);1H3/t5-;/m0./s1. The maximum atomic E-state index is 10.3. The number of alkyl halides is 1. The lowest BCUT2D eigenvalue weighted by atomic mass is 10.1. The van der Waals surface area contributed by atoms with E-state index in [-0.39, 0.29) is 5.92 Å². The normalized spacial score (nSPS) is 11.8. The minimum absolute atomic E-state index is 0.146. The third-order valence-corrected chi connectivity index (χ3v) is 1.24. The lowest BCUT2D eigenvalue weighted by Crippen LogP contribution is -2.38. The van der Waals surface area contributed by atoms with Crippen molar-refractivity contribution in [2.75, 3.05) is 13.4 Å². The van der Waals surface area contributed by atoms with Gasteiger partial charge in [-0.2, -0.15) is 0 Å². The van der Waals surface area contributed by atoms with Crippen molar-refractivity contribution < 1.29 is 9.90 Å². The summed E-state index contributed by atoms with van der Waals surface area (Å²) >= 11 is 4.64. The van der Waals surface area contributed by atoms with Crippen molar-refractivity contribution in [1.29, 1.82) is 0 Å². The van der Waals surface area contributed by atoms with Crippen molar-refractivity contribution >= 4 is 17.6 Å². The van der Waals surface area contributed by atoms with Crippen molar-refractivity contribution in [2.45, 2.75) is 19.9 Å². The molecule has 0 saturated carbocycles. The van der Waals surface area contributed by atoms with Gasteiger partial charge in [-0.3, -0.25) is 4.79 Å². The average molecular weight is 182 g/mol. The Labute approximate surface area is 72.7 Å². The van der Waals surface area contributed by atoms with Gasteiger partial charge in [-0.05, 0) is 13.0 Å². The summed E-state index contributed by atoms with van der Waals surface area (Å²) in [6, 6.07) is -0.412. The molecule has 0 amide bonds. The smallest absolute Gasteiger partial charge is 0.320 e. The van der Waals surface area contributed by atoms with Gasteiger partial charge in [-0.25, -0.2) is 0 Å². The predicted octanol–water partition coefficient (Wildman–Crippen LogP) is 1.17. The van der Waals surface area contributed by atoms with E-state index in [1.807, 2.05) is 13.8 Å². The number of carboxylic acid groups (broad SMARTS) is 1. The van der Waals surface area contributed by atoms with Crippen molar-refractivity contribution in [2.24, 2.45) is 5.92 Å². The first-order valence-electron chi connectivity index (χ1n) is 3.37. The highest BCUT2D eigenvalue weighted by atomic mass is 35.5. The summed E-state index contributed by atoms with van der Waals surface area (Å²) in [6.45, 7) is 3.74. The molecule has 0 radical (unpaired) electrons. The van der Waals surface area contributed by atoms with Gasteiger partial charge in [0.2, 0.25) is 0 Å². The Bertz CT molecular complexity index is 107. The van der Waals surface area contributed by atoms with Gasteiger partial charge in [0.05, 0.1) is 0 Å². The Morgan fingerprint density at radius 2 is 1.82 bits per heavy atom. The molecule has 0 aliphatic heterocycles. The van der Waals surface area contributed by atoms with E-state index in [2.05, 4.69) is 16.9 Å². The van der Waals surface area contributed by atoms with E-state index in [0.29, 0.717) is 0 Å². The summed E-state index contributed by atoms with van der Waals surface area (Å²) in [5.74, 6) is -0.639. The van der Waals surface area contributed by atoms with Crippen LogP contribution in [0.5, 0.6) is 0 Å². The van der Waals surface area contributed by atoms with Crippen molar-refractivity contribution in [3.63, 3.8) is 0 Å². The summed E-state index contributed by atoms with van der Waals surface area (Å²) in [7, 11) is 1.65. The molecule has 0 aliphatic rings. The fourth-order valence-corrected chi connectivity index (χ4v) is 0.742. The van der Waals surface area contributed by atoms with E-state index in [1.54, 1.807) is 7.05 Å². The van der Waals surface area contributed by atoms with Crippen LogP contribution in [0.15, 0.2) is 0 Å². The molecule has 0 aliphatic carbocycles. The molecule has 3 nitrogen and oxygen atoms in total. The number of rotatable bonds is 3. The van der Waals surface area contributed by atoms with Crippen LogP contribution in [0.2, 0.25) is 0 Å². The number of aliphatic carboxylic acids is 1. The third kappa shape index (κ3) is 6.13. The van der Waals surface area contributed by atoms with E-state index in [4.69, 9.17) is 5.11 Å². The maximum absolute atomic E-state index is 10.3. The van der Waals surface area contributed by atoms with Crippen molar-refractivity contribution in [3.8, 4) is 0 Å². The van der Waals surface area contributed by atoms with Crippen LogP contribution in [0.4, 0.5) is 0 Å². The summed E-state index contributed by atoms with van der Waals surface area (Å²) < 4.78 is 0. The van der Waals surface area contributed by atoms with E-state index < -0.39 is 12.0 Å². The number of likely N-dealkylation sites (N-methyl/N-ethyl adjacent to an activating group) is 1. The highest BCUT2D eigenvalue weighted by molar-refractivity contribution is 6.15. The van der Waals surface area contributed by atoms with Gasteiger partial charge >= 0.3 is 5.97 Å². The monoisotopic (exact) mass is 181 g/mol. The largest absolute Gasteiger partial charge is 0.480 e. The molecule has 11 heavy (non-hydrogen) atoms. The zero-order chi connectivity index (χ0) is 9.44. The van der Waals surface area contributed by atoms with Crippen LogP contribution in [0.3, 0.4) is 0 Å². The average Bonchev–Trinajstić information content (AvgIpc) is 1.91. The van der Waals surface area contributed by atoms with Crippen LogP contribution in [-0.2, 0) is 4.79 Å². The van der Waals surface area contributed by atoms with E-state index in [9.17, 15) is 4.79 Å².